The van der Waals surface area contributed by atoms with E-state index in [2.05, 4.69) is 19.2 Å². The van der Waals surface area contributed by atoms with E-state index in [1.165, 1.54) is 4.88 Å². The first kappa shape index (κ1) is 15.0. The molecule has 1 N–H and O–H groups in total. The van der Waals surface area contributed by atoms with Crippen molar-refractivity contribution in [1.82, 2.24) is 10.2 Å². The smallest absolute Gasteiger partial charge is 0.317 e. The molecule has 0 radical (unpaired) electrons. The molecule has 0 bridgehead atoms. The van der Waals surface area contributed by atoms with Crippen molar-refractivity contribution in [2.45, 2.75) is 46.1 Å². The quantitative estimate of drug-likeness (QED) is 0.763. The zero-order chi connectivity index (χ0) is 13.2. The monoisotopic (exact) mass is 268 g/mol. The molecule has 0 unspecified atom stereocenters. The van der Waals surface area contributed by atoms with Gasteiger partial charge in [0.25, 0.3) is 0 Å². The SMILES string of the molecule is CCCCN(CCCC)C(=O)NCc1cccs1. The van der Waals surface area contributed by atoms with Crippen molar-refractivity contribution in [3.63, 3.8) is 0 Å². The molecule has 1 aromatic heterocycles. The highest BCUT2D eigenvalue weighted by molar-refractivity contribution is 7.09. The molecule has 0 aromatic carbocycles. The van der Waals surface area contributed by atoms with E-state index in [1.807, 2.05) is 22.4 Å². The van der Waals surface area contributed by atoms with E-state index in [4.69, 9.17) is 0 Å². The van der Waals surface area contributed by atoms with E-state index < -0.39 is 0 Å². The lowest BCUT2D eigenvalue weighted by Crippen LogP contribution is -2.40. The Bertz CT molecular complexity index is 317. The van der Waals surface area contributed by atoms with E-state index in [9.17, 15) is 4.79 Å². The van der Waals surface area contributed by atoms with Gasteiger partial charge in [0.15, 0.2) is 0 Å². The predicted molar refractivity (Wildman–Crippen MR) is 77.9 cm³/mol. The number of hydrogen-bond donors (Lipinski definition) is 1. The molecule has 102 valence electrons. The number of carbonyl (C=O) groups is 1. The maximum absolute atomic E-state index is 12.1. The van der Waals surface area contributed by atoms with Crippen molar-refractivity contribution in [2.75, 3.05) is 13.1 Å². The van der Waals surface area contributed by atoms with Crippen molar-refractivity contribution in [2.24, 2.45) is 0 Å². The second-order valence-corrected chi connectivity index (χ2v) is 5.46. The lowest BCUT2D eigenvalue weighted by atomic mass is 10.3. The van der Waals surface area contributed by atoms with Crippen molar-refractivity contribution < 1.29 is 4.79 Å². The topological polar surface area (TPSA) is 32.3 Å². The molecule has 0 saturated carbocycles. The van der Waals surface area contributed by atoms with Gasteiger partial charge in [-0.15, -0.1) is 11.3 Å². The van der Waals surface area contributed by atoms with Gasteiger partial charge in [0.2, 0.25) is 0 Å². The van der Waals surface area contributed by atoms with Crippen LogP contribution in [0, 0.1) is 0 Å². The largest absolute Gasteiger partial charge is 0.333 e. The molecule has 4 heteroatoms. The highest BCUT2D eigenvalue weighted by Gasteiger charge is 2.11. The van der Waals surface area contributed by atoms with Gasteiger partial charge in [0, 0.05) is 18.0 Å². The average Bonchev–Trinajstić information content (AvgIpc) is 2.89. The number of nitrogens with zero attached hydrogens (tertiary/aromatic N) is 1. The minimum atomic E-state index is 0.0744. The predicted octanol–water partition coefficient (Wildman–Crippen LogP) is 3.86. The summed E-state index contributed by atoms with van der Waals surface area (Å²) in [5.74, 6) is 0. The van der Waals surface area contributed by atoms with Crippen LogP contribution < -0.4 is 5.32 Å². The normalized spacial score (nSPS) is 10.3. The van der Waals surface area contributed by atoms with Gasteiger partial charge >= 0.3 is 6.03 Å². The fraction of sp³-hybridized carbons (Fsp3) is 0.643. The van der Waals surface area contributed by atoms with E-state index in [0.717, 1.165) is 38.8 Å². The van der Waals surface area contributed by atoms with Crippen LogP contribution in [0.4, 0.5) is 4.79 Å². The summed E-state index contributed by atoms with van der Waals surface area (Å²) in [6.07, 6.45) is 4.41. The summed E-state index contributed by atoms with van der Waals surface area (Å²) in [7, 11) is 0. The number of nitrogens with one attached hydrogen (secondary N) is 1. The van der Waals surface area contributed by atoms with Crippen molar-refractivity contribution in [1.29, 1.82) is 0 Å². The minimum absolute atomic E-state index is 0.0744. The second-order valence-electron chi connectivity index (χ2n) is 4.43. The molecular formula is C14H24N2OS. The first-order valence-electron chi connectivity index (χ1n) is 6.83. The summed E-state index contributed by atoms with van der Waals surface area (Å²) in [6.45, 7) is 6.69. The third kappa shape index (κ3) is 5.54. The molecule has 1 heterocycles. The van der Waals surface area contributed by atoms with Gasteiger partial charge in [-0.25, -0.2) is 4.79 Å². The molecular weight excluding hydrogens is 244 g/mol. The summed E-state index contributed by atoms with van der Waals surface area (Å²) in [5, 5.41) is 5.04. The van der Waals surface area contributed by atoms with E-state index in [0.29, 0.717) is 6.54 Å². The Morgan fingerprint density at radius 2 is 1.94 bits per heavy atom. The molecule has 2 amide bonds. The molecule has 3 nitrogen and oxygen atoms in total. The van der Waals surface area contributed by atoms with Crippen molar-refractivity contribution >= 4 is 17.4 Å². The van der Waals surface area contributed by atoms with Gasteiger partial charge < -0.3 is 10.2 Å². The van der Waals surface area contributed by atoms with Gasteiger partial charge in [-0.2, -0.15) is 0 Å². The van der Waals surface area contributed by atoms with Crippen LogP contribution in [-0.2, 0) is 6.54 Å². The highest BCUT2D eigenvalue weighted by Crippen LogP contribution is 2.08. The van der Waals surface area contributed by atoms with Crippen LogP contribution in [0.1, 0.15) is 44.4 Å². The number of amides is 2. The molecule has 0 atom stereocenters. The Labute approximate surface area is 114 Å². The highest BCUT2D eigenvalue weighted by atomic mass is 32.1. The minimum Gasteiger partial charge on any atom is -0.333 e. The molecule has 0 spiro atoms. The Balaban J connectivity index is 2.36. The van der Waals surface area contributed by atoms with Crippen LogP contribution in [0.15, 0.2) is 17.5 Å². The molecule has 0 saturated heterocycles. The average molecular weight is 268 g/mol. The first-order chi connectivity index (χ1) is 8.77. The molecule has 1 aromatic rings. The fourth-order valence-electron chi connectivity index (χ4n) is 1.70. The maximum Gasteiger partial charge on any atom is 0.317 e. The number of carbonyl (C=O) groups excluding carboxylic acids is 1. The molecule has 1 rings (SSSR count). The van der Waals surface area contributed by atoms with E-state index in [-0.39, 0.29) is 6.03 Å². The standard InChI is InChI=1S/C14H24N2OS/c1-3-5-9-16(10-6-4-2)14(17)15-12-13-8-7-11-18-13/h7-8,11H,3-6,9-10,12H2,1-2H3,(H,15,17). The number of unbranched alkanes of at least 4 members (excludes halogenated alkanes) is 2. The molecule has 0 fully saturated rings. The van der Waals surface area contributed by atoms with Gasteiger partial charge in [-0.05, 0) is 24.3 Å². The molecule has 0 aliphatic carbocycles. The van der Waals surface area contributed by atoms with E-state index >= 15 is 0 Å². The zero-order valence-electron chi connectivity index (χ0n) is 11.4. The fourth-order valence-corrected chi connectivity index (χ4v) is 2.35. The number of rotatable bonds is 8. The summed E-state index contributed by atoms with van der Waals surface area (Å²) in [5.41, 5.74) is 0. The van der Waals surface area contributed by atoms with Gasteiger partial charge in [-0.3, -0.25) is 0 Å². The maximum atomic E-state index is 12.1. The summed E-state index contributed by atoms with van der Waals surface area (Å²) in [6, 6.07) is 4.14. The summed E-state index contributed by atoms with van der Waals surface area (Å²) < 4.78 is 0. The Hall–Kier alpha value is -1.03. The van der Waals surface area contributed by atoms with Crippen LogP contribution in [0.5, 0.6) is 0 Å². The zero-order valence-corrected chi connectivity index (χ0v) is 12.3. The van der Waals surface area contributed by atoms with Gasteiger partial charge in [0.05, 0.1) is 6.54 Å². The summed E-state index contributed by atoms with van der Waals surface area (Å²) in [4.78, 5) is 15.2. The van der Waals surface area contributed by atoms with Crippen LogP contribution in [0.2, 0.25) is 0 Å². The third-order valence-electron chi connectivity index (χ3n) is 2.84. The number of thiophene rings is 1. The van der Waals surface area contributed by atoms with E-state index in [1.54, 1.807) is 11.3 Å². The Morgan fingerprint density at radius 1 is 1.28 bits per heavy atom. The summed E-state index contributed by atoms with van der Waals surface area (Å²) >= 11 is 1.68. The second kappa shape index (κ2) is 8.97. The van der Waals surface area contributed by atoms with Crippen LogP contribution in [0.25, 0.3) is 0 Å². The molecule has 18 heavy (non-hydrogen) atoms. The van der Waals surface area contributed by atoms with Crippen LogP contribution >= 0.6 is 11.3 Å². The van der Waals surface area contributed by atoms with Crippen molar-refractivity contribution in [3.8, 4) is 0 Å². The van der Waals surface area contributed by atoms with Crippen LogP contribution in [0.3, 0.4) is 0 Å². The lowest BCUT2D eigenvalue weighted by Gasteiger charge is -2.22. The third-order valence-corrected chi connectivity index (χ3v) is 3.72. The number of urea groups is 1. The first-order valence-corrected chi connectivity index (χ1v) is 7.71. The van der Waals surface area contributed by atoms with Crippen molar-refractivity contribution in [3.05, 3.63) is 22.4 Å². The molecule has 0 aliphatic rings. The van der Waals surface area contributed by atoms with Crippen LogP contribution in [-0.4, -0.2) is 24.0 Å². The van der Waals surface area contributed by atoms with Gasteiger partial charge in [0.1, 0.15) is 0 Å². The Morgan fingerprint density at radius 3 is 2.44 bits per heavy atom. The molecule has 0 aliphatic heterocycles. The Kier molecular flexibility index (Phi) is 7.49. The number of hydrogen-bond acceptors (Lipinski definition) is 2. The lowest BCUT2D eigenvalue weighted by molar-refractivity contribution is 0.195. The van der Waals surface area contributed by atoms with Gasteiger partial charge in [-0.1, -0.05) is 32.8 Å².